The van der Waals surface area contributed by atoms with Crippen molar-refractivity contribution >= 4 is 21.6 Å². The zero-order chi connectivity index (χ0) is 18.8. The number of carbonyl (C=O) groups is 1. The minimum absolute atomic E-state index is 0.127. The van der Waals surface area contributed by atoms with Gasteiger partial charge in [0.15, 0.2) is 9.84 Å². The monoisotopic (exact) mass is 368 g/mol. The van der Waals surface area contributed by atoms with E-state index < -0.39 is 33.5 Å². The zero-order valence-electron chi connectivity index (χ0n) is 14.0. The molecule has 0 spiro atoms. The lowest BCUT2D eigenvalue weighted by atomic mass is 10.1. The van der Waals surface area contributed by atoms with E-state index in [4.69, 9.17) is 0 Å². The first-order chi connectivity index (χ1) is 11.6. The van der Waals surface area contributed by atoms with Gasteiger partial charge in [-0.3, -0.25) is 0 Å². The van der Waals surface area contributed by atoms with Crippen LogP contribution in [0.2, 0.25) is 0 Å². The summed E-state index contributed by atoms with van der Waals surface area (Å²) >= 11 is 0. The first-order valence-electron chi connectivity index (χ1n) is 7.38. The normalized spacial score (nSPS) is 12.5. The highest BCUT2D eigenvalue weighted by molar-refractivity contribution is 7.90. The third kappa shape index (κ3) is 4.54. The number of anilines is 1. The summed E-state index contributed by atoms with van der Waals surface area (Å²) in [5.41, 5.74) is 0.586. The first kappa shape index (κ1) is 18.9. The molecule has 0 aliphatic rings. The van der Waals surface area contributed by atoms with Crippen molar-refractivity contribution in [2.75, 3.05) is 18.6 Å². The number of hydrogen-bond acceptors (Lipinski definition) is 3. The zero-order valence-corrected chi connectivity index (χ0v) is 14.8. The van der Waals surface area contributed by atoms with E-state index in [0.29, 0.717) is 11.6 Å². The fourth-order valence-electron chi connectivity index (χ4n) is 2.19. The average Bonchev–Trinajstić information content (AvgIpc) is 2.55. The number of halogens is 2. The number of hydrogen-bond donors (Lipinski definition) is 1. The SMILES string of the molecule is C[C@H](c1ccc(S(C)(=O)=O)cc1)N(C)C(=O)Nc1ccc(F)cc1F. The number of carbonyl (C=O) groups excluding carboxylic acids is 1. The molecular weight excluding hydrogens is 350 g/mol. The van der Waals surface area contributed by atoms with Gasteiger partial charge >= 0.3 is 6.03 Å². The molecule has 134 valence electrons. The van der Waals surface area contributed by atoms with Crippen molar-refractivity contribution < 1.29 is 22.0 Å². The number of benzene rings is 2. The van der Waals surface area contributed by atoms with E-state index in [1.807, 2.05) is 0 Å². The average molecular weight is 368 g/mol. The fourth-order valence-corrected chi connectivity index (χ4v) is 2.82. The second kappa shape index (κ2) is 7.18. The molecular formula is C17H18F2N2O3S. The van der Waals surface area contributed by atoms with Crippen LogP contribution in [0.4, 0.5) is 19.3 Å². The molecule has 0 aromatic heterocycles. The second-order valence-electron chi connectivity index (χ2n) is 5.68. The van der Waals surface area contributed by atoms with E-state index in [-0.39, 0.29) is 10.6 Å². The van der Waals surface area contributed by atoms with Crippen LogP contribution >= 0.6 is 0 Å². The predicted molar refractivity (Wildman–Crippen MR) is 91.1 cm³/mol. The maximum Gasteiger partial charge on any atom is 0.322 e. The molecule has 1 atom stereocenters. The molecule has 8 heteroatoms. The Kier molecular flexibility index (Phi) is 5.42. The van der Waals surface area contributed by atoms with Crippen molar-refractivity contribution in [1.29, 1.82) is 0 Å². The van der Waals surface area contributed by atoms with Gasteiger partial charge in [0, 0.05) is 19.4 Å². The molecule has 0 fully saturated rings. The molecule has 2 amide bonds. The van der Waals surface area contributed by atoms with Crippen molar-refractivity contribution in [2.24, 2.45) is 0 Å². The lowest BCUT2D eigenvalue weighted by Crippen LogP contribution is -2.33. The van der Waals surface area contributed by atoms with E-state index >= 15 is 0 Å². The summed E-state index contributed by atoms with van der Waals surface area (Å²) < 4.78 is 49.5. The summed E-state index contributed by atoms with van der Waals surface area (Å²) in [6.07, 6.45) is 1.11. The van der Waals surface area contributed by atoms with Crippen LogP contribution < -0.4 is 5.32 Å². The Morgan fingerprint density at radius 3 is 2.24 bits per heavy atom. The van der Waals surface area contributed by atoms with E-state index in [1.54, 1.807) is 19.1 Å². The molecule has 0 saturated carbocycles. The molecule has 0 aliphatic heterocycles. The quantitative estimate of drug-likeness (QED) is 0.897. The molecule has 0 heterocycles. The molecule has 2 rings (SSSR count). The van der Waals surface area contributed by atoms with Crippen molar-refractivity contribution in [3.05, 3.63) is 59.7 Å². The van der Waals surface area contributed by atoms with Crippen LogP contribution in [-0.4, -0.2) is 32.7 Å². The molecule has 0 unspecified atom stereocenters. The van der Waals surface area contributed by atoms with Crippen LogP contribution in [0.25, 0.3) is 0 Å². The number of amides is 2. The van der Waals surface area contributed by atoms with Gasteiger partial charge in [0.05, 0.1) is 16.6 Å². The highest BCUT2D eigenvalue weighted by Crippen LogP contribution is 2.22. The summed E-state index contributed by atoms with van der Waals surface area (Å²) in [7, 11) is -1.78. The van der Waals surface area contributed by atoms with Crippen LogP contribution in [0.1, 0.15) is 18.5 Å². The molecule has 25 heavy (non-hydrogen) atoms. The summed E-state index contributed by atoms with van der Waals surface area (Å²) in [6.45, 7) is 1.75. The van der Waals surface area contributed by atoms with E-state index in [2.05, 4.69) is 5.32 Å². The van der Waals surface area contributed by atoms with E-state index in [0.717, 1.165) is 18.4 Å². The molecule has 0 aliphatic carbocycles. The smallest absolute Gasteiger partial charge is 0.321 e. The van der Waals surface area contributed by atoms with Crippen molar-refractivity contribution in [2.45, 2.75) is 17.9 Å². The summed E-state index contributed by atoms with van der Waals surface area (Å²) in [5.74, 6) is -1.60. The minimum Gasteiger partial charge on any atom is -0.321 e. The topological polar surface area (TPSA) is 66.5 Å². The number of nitrogens with zero attached hydrogens (tertiary/aromatic N) is 1. The maximum atomic E-state index is 13.6. The van der Waals surface area contributed by atoms with Gasteiger partial charge in [-0.05, 0) is 36.8 Å². The Morgan fingerprint density at radius 1 is 1.12 bits per heavy atom. The Bertz CT molecular complexity index is 883. The number of nitrogens with one attached hydrogen (secondary N) is 1. The highest BCUT2D eigenvalue weighted by atomic mass is 32.2. The molecule has 2 aromatic carbocycles. The minimum atomic E-state index is -3.30. The predicted octanol–water partition coefficient (Wildman–Crippen LogP) is 3.59. The fraction of sp³-hybridized carbons (Fsp3) is 0.235. The van der Waals surface area contributed by atoms with Gasteiger partial charge in [-0.2, -0.15) is 0 Å². The third-order valence-electron chi connectivity index (χ3n) is 3.86. The standard InChI is InChI=1S/C17H18F2N2O3S/c1-11(12-4-7-14(8-5-12)25(3,23)24)21(2)17(22)20-16-9-6-13(18)10-15(16)19/h4-11H,1-3H3,(H,20,22)/t11-/m1/s1. The molecule has 0 radical (unpaired) electrons. The van der Waals surface area contributed by atoms with Crippen molar-refractivity contribution in [3.63, 3.8) is 0 Å². The molecule has 0 saturated heterocycles. The summed E-state index contributed by atoms with van der Waals surface area (Å²) in [5, 5.41) is 2.37. The Morgan fingerprint density at radius 2 is 1.72 bits per heavy atom. The lowest BCUT2D eigenvalue weighted by Gasteiger charge is -2.25. The number of rotatable bonds is 4. The Labute approximate surface area is 145 Å². The van der Waals surface area contributed by atoms with Crippen molar-refractivity contribution in [1.82, 2.24) is 4.90 Å². The van der Waals surface area contributed by atoms with Crippen molar-refractivity contribution in [3.8, 4) is 0 Å². The van der Waals surface area contributed by atoms with Crippen LogP contribution in [0.3, 0.4) is 0 Å². The van der Waals surface area contributed by atoms with Crippen LogP contribution in [0, 0.1) is 11.6 Å². The van der Waals surface area contributed by atoms with Gasteiger partial charge in [0.1, 0.15) is 11.6 Å². The summed E-state index contributed by atoms with van der Waals surface area (Å²) in [6, 6.07) is 8.06. The third-order valence-corrected chi connectivity index (χ3v) is 4.99. The van der Waals surface area contributed by atoms with Crippen LogP contribution in [0.5, 0.6) is 0 Å². The molecule has 2 aromatic rings. The highest BCUT2D eigenvalue weighted by Gasteiger charge is 2.19. The summed E-state index contributed by atoms with van der Waals surface area (Å²) in [4.78, 5) is 13.8. The van der Waals surface area contributed by atoms with E-state index in [1.165, 1.54) is 24.1 Å². The van der Waals surface area contributed by atoms with Gasteiger partial charge in [-0.1, -0.05) is 12.1 Å². The lowest BCUT2D eigenvalue weighted by molar-refractivity contribution is 0.208. The van der Waals surface area contributed by atoms with Crippen LogP contribution in [-0.2, 0) is 9.84 Å². The van der Waals surface area contributed by atoms with Gasteiger partial charge in [-0.15, -0.1) is 0 Å². The van der Waals surface area contributed by atoms with Gasteiger partial charge in [-0.25, -0.2) is 22.0 Å². The van der Waals surface area contributed by atoms with Crippen LogP contribution in [0.15, 0.2) is 47.4 Å². The van der Waals surface area contributed by atoms with Gasteiger partial charge in [0.25, 0.3) is 0 Å². The Hall–Kier alpha value is -2.48. The second-order valence-corrected chi connectivity index (χ2v) is 7.70. The van der Waals surface area contributed by atoms with E-state index in [9.17, 15) is 22.0 Å². The molecule has 1 N–H and O–H groups in total. The maximum absolute atomic E-state index is 13.6. The largest absolute Gasteiger partial charge is 0.322 e. The number of sulfone groups is 1. The number of urea groups is 1. The molecule has 0 bridgehead atoms. The van der Waals surface area contributed by atoms with Gasteiger partial charge in [0.2, 0.25) is 0 Å². The first-order valence-corrected chi connectivity index (χ1v) is 9.27. The molecule has 5 nitrogen and oxygen atoms in total. The Balaban J connectivity index is 2.13. The van der Waals surface area contributed by atoms with Gasteiger partial charge < -0.3 is 10.2 Å².